The summed E-state index contributed by atoms with van der Waals surface area (Å²) >= 11 is 0. The maximum Gasteiger partial charge on any atom is 0.313 e. The fraction of sp³-hybridized carbons (Fsp3) is 0.467. The Kier molecular flexibility index (Phi) is 4.71. The Morgan fingerprint density at radius 1 is 1.10 bits per heavy atom. The maximum atomic E-state index is 12.7. The van der Waals surface area contributed by atoms with Crippen LogP contribution in [0, 0.1) is 11.7 Å². The van der Waals surface area contributed by atoms with E-state index in [-0.39, 0.29) is 11.9 Å². The van der Waals surface area contributed by atoms with Crippen LogP contribution in [0.25, 0.3) is 0 Å². The molecule has 1 fully saturated rings. The standard InChI is InChI=1S/C15H19FN2O2/c1-10-4-2-3-5-13(10)18-15(20)14(19)17-12-8-6-11(16)7-9-12/h6-10,13H,2-5H2,1H3,(H,17,19)(H,18,20)/t10-,13+/m0/s1. The molecule has 1 aromatic rings. The van der Waals surface area contributed by atoms with Gasteiger partial charge in [-0.15, -0.1) is 0 Å². The molecule has 1 saturated carbocycles. The Morgan fingerprint density at radius 2 is 1.75 bits per heavy atom. The third-order valence-electron chi connectivity index (χ3n) is 3.74. The van der Waals surface area contributed by atoms with E-state index in [9.17, 15) is 14.0 Å². The summed E-state index contributed by atoms with van der Waals surface area (Å²) in [6.45, 7) is 2.09. The highest BCUT2D eigenvalue weighted by Crippen LogP contribution is 2.23. The topological polar surface area (TPSA) is 58.2 Å². The first-order valence-electron chi connectivity index (χ1n) is 6.93. The van der Waals surface area contributed by atoms with Crippen molar-refractivity contribution < 1.29 is 14.0 Å². The summed E-state index contributed by atoms with van der Waals surface area (Å²) < 4.78 is 12.7. The van der Waals surface area contributed by atoms with Crippen LogP contribution in [-0.2, 0) is 9.59 Å². The minimum Gasteiger partial charge on any atom is -0.345 e. The number of hydrogen-bond acceptors (Lipinski definition) is 2. The second-order valence-electron chi connectivity index (χ2n) is 5.30. The molecular weight excluding hydrogens is 259 g/mol. The van der Waals surface area contributed by atoms with E-state index in [0.29, 0.717) is 11.6 Å². The lowest BCUT2D eigenvalue weighted by atomic mass is 9.86. The number of anilines is 1. The van der Waals surface area contributed by atoms with Crippen LogP contribution in [0.15, 0.2) is 24.3 Å². The molecule has 5 heteroatoms. The number of hydrogen-bond donors (Lipinski definition) is 2. The van der Waals surface area contributed by atoms with Gasteiger partial charge in [0.15, 0.2) is 0 Å². The van der Waals surface area contributed by atoms with Gasteiger partial charge in [-0.05, 0) is 43.0 Å². The molecule has 0 unspecified atom stereocenters. The van der Waals surface area contributed by atoms with Crippen LogP contribution >= 0.6 is 0 Å². The minimum atomic E-state index is -0.714. The predicted octanol–water partition coefficient (Wildman–Crippen LogP) is 2.46. The average Bonchev–Trinajstić information content (AvgIpc) is 2.44. The summed E-state index contributed by atoms with van der Waals surface area (Å²) in [6, 6.07) is 5.37. The van der Waals surface area contributed by atoms with Crippen molar-refractivity contribution in [2.75, 3.05) is 5.32 Å². The van der Waals surface area contributed by atoms with Gasteiger partial charge < -0.3 is 10.6 Å². The zero-order valence-corrected chi connectivity index (χ0v) is 11.5. The fourth-order valence-electron chi connectivity index (χ4n) is 2.49. The Bertz CT molecular complexity index is 487. The molecular formula is C15H19FN2O2. The third-order valence-corrected chi connectivity index (χ3v) is 3.74. The van der Waals surface area contributed by atoms with Crippen LogP contribution in [-0.4, -0.2) is 17.9 Å². The van der Waals surface area contributed by atoms with E-state index >= 15 is 0 Å². The molecule has 0 aliphatic heterocycles. The first kappa shape index (κ1) is 14.5. The SMILES string of the molecule is C[C@H]1CCCC[C@H]1NC(=O)C(=O)Nc1ccc(F)cc1. The van der Waals surface area contributed by atoms with Crippen molar-refractivity contribution in [3.8, 4) is 0 Å². The van der Waals surface area contributed by atoms with Crippen molar-refractivity contribution in [3.63, 3.8) is 0 Å². The number of halogens is 1. The van der Waals surface area contributed by atoms with Crippen LogP contribution < -0.4 is 10.6 Å². The molecule has 0 aromatic heterocycles. The van der Waals surface area contributed by atoms with Crippen LogP contribution in [0.4, 0.5) is 10.1 Å². The first-order chi connectivity index (χ1) is 9.56. The second kappa shape index (κ2) is 6.50. The van der Waals surface area contributed by atoms with E-state index in [4.69, 9.17) is 0 Å². The molecule has 1 aliphatic rings. The summed E-state index contributed by atoms with van der Waals surface area (Å²) in [7, 11) is 0. The smallest absolute Gasteiger partial charge is 0.313 e. The lowest BCUT2D eigenvalue weighted by Gasteiger charge is -2.29. The van der Waals surface area contributed by atoms with Gasteiger partial charge in [-0.25, -0.2) is 4.39 Å². The van der Waals surface area contributed by atoms with Crippen LogP contribution in [0.5, 0.6) is 0 Å². The van der Waals surface area contributed by atoms with Crippen molar-refractivity contribution in [1.82, 2.24) is 5.32 Å². The monoisotopic (exact) mass is 278 g/mol. The Morgan fingerprint density at radius 3 is 2.40 bits per heavy atom. The Hall–Kier alpha value is -1.91. The minimum absolute atomic E-state index is 0.0650. The van der Waals surface area contributed by atoms with Crippen molar-refractivity contribution >= 4 is 17.5 Å². The number of carbonyl (C=O) groups excluding carboxylic acids is 2. The second-order valence-corrected chi connectivity index (χ2v) is 5.30. The van der Waals surface area contributed by atoms with Crippen LogP contribution in [0.1, 0.15) is 32.6 Å². The van der Waals surface area contributed by atoms with Gasteiger partial charge in [-0.3, -0.25) is 9.59 Å². The molecule has 1 aromatic carbocycles. The van der Waals surface area contributed by atoms with Gasteiger partial charge in [-0.1, -0.05) is 19.8 Å². The van der Waals surface area contributed by atoms with E-state index in [2.05, 4.69) is 17.6 Å². The summed E-state index contributed by atoms with van der Waals surface area (Å²) in [5, 5.41) is 5.23. The van der Waals surface area contributed by atoms with Crippen molar-refractivity contribution in [3.05, 3.63) is 30.1 Å². The Balaban J connectivity index is 1.88. The fourth-order valence-corrected chi connectivity index (χ4v) is 2.49. The van der Waals surface area contributed by atoms with Crippen molar-refractivity contribution in [1.29, 1.82) is 0 Å². The molecule has 4 nitrogen and oxygen atoms in total. The quantitative estimate of drug-likeness (QED) is 0.816. The molecule has 0 heterocycles. The van der Waals surface area contributed by atoms with E-state index in [1.165, 1.54) is 30.7 Å². The van der Waals surface area contributed by atoms with Gasteiger partial charge in [0.25, 0.3) is 0 Å². The molecule has 1 aliphatic carbocycles. The number of rotatable bonds is 2. The summed E-state index contributed by atoms with van der Waals surface area (Å²) in [4.78, 5) is 23.6. The van der Waals surface area contributed by atoms with Gasteiger partial charge in [0.05, 0.1) is 0 Å². The largest absolute Gasteiger partial charge is 0.345 e. The molecule has 0 saturated heterocycles. The molecule has 2 N–H and O–H groups in total. The zero-order chi connectivity index (χ0) is 14.5. The molecule has 2 amide bonds. The summed E-state index contributed by atoms with van der Waals surface area (Å²) in [5.74, 6) is -1.34. The van der Waals surface area contributed by atoms with Gasteiger partial charge in [-0.2, -0.15) is 0 Å². The van der Waals surface area contributed by atoms with Crippen molar-refractivity contribution in [2.24, 2.45) is 5.92 Å². The normalized spacial score (nSPS) is 22.1. The summed E-state index contributed by atoms with van der Waals surface area (Å²) in [5.41, 5.74) is 0.406. The van der Waals surface area contributed by atoms with Gasteiger partial charge in [0.2, 0.25) is 0 Å². The lowest BCUT2D eigenvalue weighted by Crippen LogP contribution is -2.45. The number of nitrogens with one attached hydrogen (secondary N) is 2. The van der Waals surface area contributed by atoms with Gasteiger partial charge in [0, 0.05) is 11.7 Å². The molecule has 0 radical (unpaired) electrons. The van der Waals surface area contributed by atoms with E-state index in [1.54, 1.807) is 0 Å². The lowest BCUT2D eigenvalue weighted by molar-refractivity contribution is -0.137. The zero-order valence-electron chi connectivity index (χ0n) is 11.5. The average molecular weight is 278 g/mol. The first-order valence-corrected chi connectivity index (χ1v) is 6.93. The van der Waals surface area contributed by atoms with E-state index in [1.807, 2.05) is 0 Å². The highest BCUT2D eigenvalue weighted by atomic mass is 19.1. The predicted molar refractivity (Wildman–Crippen MR) is 74.6 cm³/mol. The molecule has 20 heavy (non-hydrogen) atoms. The van der Waals surface area contributed by atoms with Crippen molar-refractivity contribution in [2.45, 2.75) is 38.6 Å². The van der Waals surface area contributed by atoms with Gasteiger partial charge >= 0.3 is 11.8 Å². The number of carbonyl (C=O) groups is 2. The molecule has 0 bridgehead atoms. The number of amides is 2. The Labute approximate surface area is 117 Å². The van der Waals surface area contributed by atoms with E-state index in [0.717, 1.165) is 19.3 Å². The van der Waals surface area contributed by atoms with E-state index < -0.39 is 11.8 Å². The molecule has 2 rings (SSSR count). The molecule has 0 spiro atoms. The highest BCUT2D eigenvalue weighted by Gasteiger charge is 2.25. The third kappa shape index (κ3) is 3.79. The molecule has 2 atom stereocenters. The van der Waals surface area contributed by atoms with Gasteiger partial charge in [0.1, 0.15) is 5.82 Å². The maximum absolute atomic E-state index is 12.7. The number of benzene rings is 1. The molecule has 108 valence electrons. The highest BCUT2D eigenvalue weighted by molar-refractivity contribution is 6.39. The van der Waals surface area contributed by atoms with Crippen LogP contribution in [0.2, 0.25) is 0 Å². The summed E-state index contributed by atoms with van der Waals surface area (Å²) in [6.07, 6.45) is 4.24. The van der Waals surface area contributed by atoms with Crippen LogP contribution in [0.3, 0.4) is 0 Å².